The molecule has 5 nitrogen and oxygen atoms in total. The lowest BCUT2D eigenvalue weighted by Gasteiger charge is -2.24. The van der Waals surface area contributed by atoms with Gasteiger partial charge in [0, 0.05) is 25.2 Å². The average molecular weight is 342 g/mol. The average Bonchev–Trinajstić information content (AvgIpc) is 3.06. The number of carbonyl (C=O) groups excluding carboxylic acids is 1. The Hall–Kier alpha value is -2.21. The highest BCUT2D eigenvalue weighted by atomic mass is 19.1. The van der Waals surface area contributed by atoms with Gasteiger partial charge in [0.1, 0.15) is 5.82 Å². The molecule has 1 aromatic carbocycles. The van der Waals surface area contributed by atoms with Gasteiger partial charge in [0.05, 0.1) is 22.6 Å². The van der Waals surface area contributed by atoms with E-state index in [1.165, 1.54) is 18.6 Å². The maximum absolute atomic E-state index is 13.2. The fourth-order valence-corrected chi connectivity index (χ4v) is 4.07. The monoisotopic (exact) mass is 342 g/mol. The molecule has 2 atom stereocenters. The fraction of sp³-hybridized carbons (Fsp3) is 0.474. The lowest BCUT2D eigenvalue weighted by Crippen LogP contribution is -2.39. The largest absolute Gasteiger partial charge is 0.337 e. The number of hydrogen-bond donors (Lipinski definition) is 1. The van der Waals surface area contributed by atoms with E-state index in [2.05, 4.69) is 10.4 Å². The molecule has 2 fully saturated rings. The summed E-state index contributed by atoms with van der Waals surface area (Å²) >= 11 is 0. The van der Waals surface area contributed by atoms with E-state index in [1.54, 1.807) is 16.8 Å². The van der Waals surface area contributed by atoms with Crippen LogP contribution in [0.4, 0.5) is 4.39 Å². The number of nitrogens with zero attached hydrogens (tertiary/aromatic N) is 3. The zero-order valence-electron chi connectivity index (χ0n) is 14.6. The van der Waals surface area contributed by atoms with Crippen LogP contribution in [0.15, 0.2) is 24.3 Å². The van der Waals surface area contributed by atoms with Crippen LogP contribution in [-0.2, 0) is 0 Å². The Morgan fingerprint density at radius 3 is 2.64 bits per heavy atom. The van der Waals surface area contributed by atoms with E-state index in [0.717, 1.165) is 37.3 Å². The number of amides is 1. The van der Waals surface area contributed by atoms with Crippen LogP contribution in [0.2, 0.25) is 0 Å². The third-order valence-corrected chi connectivity index (χ3v) is 5.39. The van der Waals surface area contributed by atoms with Gasteiger partial charge in [-0.05, 0) is 57.4 Å². The van der Waals surface area contributed by atoms with E-state index in [4.69, 9.17) is 0 Å². The summed E-state index contributed by atoms with van der Waals surface area (Å²) in [5.41, 5.74) is 2.95. The van der Waals surface area contributed by atoms with Gasteiger partial charge < -0.3 is 10.2 Å². The molecule has 4 rings (SSSR count). The van der Waals surface area contributed by atoms with Crippen molar-refractivity contribution >= 4 is 5.91 Å². The summed E-state index contributed by atoms with van der Waals surface area (Å²) < 4.78 is 14.9. The van der Waals surface area contributed by atoms with E-state index >= 15 is 0 Å². The van der Waals surface area contributed by atoms with Crippen LogP contribution >= 0.6 is 0 Å². The van der Waals surface area contributed by atoms with Crippen molar-refractivity contribution in [2.45, 2.75) is 45.2 Å². The van der Waals surface area contributed by atoms with Crippen LogP contribution in [-0.4, -0.2) is 45.8 Å². The van der Waals surface area contributed by atoms with E-state index < -0.39 is 0 Å². The van der Waals surface area contributed by atoms with Gasteiger partial charge in [-0.3, -0.25) is 4.79 Å². The Balaban J connectivity index is 1.64. The van der Waals surface area contributed by atoms with Crippen molar-refractivity contribution in [3.8, 4) is 5.69 Å². The van der Waals surface area contributed by atoms with Gasteiger partial charge in [0.15, 0.2) is 0 Å². The maximum Gasteiger partial charge on any atom is 0.257 e. The van der Waals surface area contributed by atoms with E-state index in [9.17, 15) is 9.18 Å². The molecule has 2 saturated heterocycles. The van der Waals surface area contributed by atoms with Crippen LogP contribution in [0, 0.1) is 19.7 Å². The molecule has 1 amide bonds. The standard InChI is InChI=1S/C19H23FN4O/c1-12-18(13(2)24(22-12)17-7-3-14(20)4-8-17)19(25)23-10-9-15-5-6-16(11-23)21-15/h3-4,7-8,15-16,21H,5-6,9-11H2,1-2H3. The van der Waals surface area contributed by atoms with E-state index in [-0.39, 0.29) is 11.7 Å². The highest BCUT2D eigenvalue weighted by molar-refractivity contribution is 5.96. The lowest BCUT2D eigenvalue weighted by molar-refractivity contribution is 0.0746. The fourth-order valence-electron chi connectivity index (χ4n) is 4.07. The molecular weight excluding hydrogens is 319 g/mol. The van der Waals surface area contributed by atoms with Crippen molar-refractivity contribution in [2.75, 3.05) is 13.1 Å². The summed E-state index contributed by atoms with van der Waals surface area (Å²) in [5, 5.41) is 8.13. The molecule has 2 aliphatic heterocycles. The first-order chi connectivity index (χ1) is 12.0. The van der Waals surface area contributed by atoms with Gasteiger partial charge in [-0.25, -0.2) is 9.07 Å². The molecule has 1 aromatic heterocycles. The molecule has 25 heavy (non-hydrogen) atoms. The molecule has 0 radical (unpaired) electrons. The van der Waals surface area contributed by atoms with Crippen LogP contribution in [0.5, 0.6) is 0 Å². The van der Waals surface area contributed by atoms with Crippen molar-refractivity contribution in [1.82, 2.24) is 20.0 Å². The number of aryl methyl sites for hydroxylation is 1. The SMILES string of the molecule is Cc1nn(-c2ccc(F)cc2)c(C)c1C(=O)N1CCC2CCC(C1)N2. The van der Waals surface area contributed by atoms with Crippen LogP contribution < -0.4 is 5.32 Å². The summed E-state index contributed by atoms with van der Waals surface area (Å²) in [7, 11) is 0. The predicted octanol–water partition coefficient (Wildman–Crippen LogP) is 2.59. The summed E-state index contributed by atoms with van der Waals surface area (Å²) in [6.45, 7) is 5.31. The first-order valence-corrected chi connectivity index (χ1v) is 8.90. The molecule has 0 spiro atoms. The minimum absolute atomic E-state index is 0.0534. The van der Waals surface area contributed by atoms with Crippen molar-refractivity contribution in [3.05, 3.63) is 47.0 Å². The van der Waals surface area contributed by atoms with Crippen molar-refractivity contribution in [1.29, 1.82) is 0 Å². The second kappa shape index (κ2) is 6.26. The zero-order chi connectivity index (χ0) is 17.6. The number of likely N-dealkylation sites (tertiary alicyclic amines) is 1. The number of aromatic nitrogens is 2. The van der Waals surface area contributed by atoms with Crippen molar-refractivity contribution < 1.29 is 9.18 Å². The van der Waals surface area contributed by atoms with Crippen LogP contribution in [0.1, 0.15) is 41.0 Å². The Bertz CT molecular complexity index is 799. The van der Waals surface area contributed by atoms with Gasteiger partial charge in [-0.1, -0.05) is 0 Å². The Kier molecular flexibility index (Phi) is 4.07. The third kappa shape index (κ3) is 2.95. The first kappa shape index (κ1) is 16.3. The van der Waals surface area contributed by atoms with Crippen molar-refractivity contribution in [3.63, 3.8) is 0 Å². The number of nitrogens with one attached hydrogen (secondary N) is 1. The Morgan fingerprint density at radius 2 is 1.88 bits per heavy atom. The van der Waals surface area contributed by atoms with E-state index in [0.29, 0.717) is 23.3 Å². The van der Waals surface area contributed by atoms with E-state index in [1.807, 2.05) is 18.7 Å². The normalized spacial score (nSPS) is 22.9. The number of carbonyl (C=O) groups is 1. The number of fused-ring (bicyclic) bond motifs is 2. The maximum atomic E-state index is 13.2. The zero-order valence-corrected chi connectivity index (χ0v) is 14.6. The van der Waals surface area contributed by atoms with Gasteiger partial charge in [0.2, 0.25) is 0 Å². The quantitative estimate of drug-likeness (QED) is 0.913. The minimum Gasteiger partial charge on any atom is -0.337 e. The highest BCUT2D eigenvalue weighted by Crippen LogP contribution is 2.24. The molecule has 2 aliphatic rings. The first-order valence-electron chi connectivity index (χ1n) is 8.90. The summed E-state index contributed by atoms with van der Waals surface area (Å²) in [6.07, 6.45) is 3.36. The topological polar surface area (TPSA) is 50.2 Å². The third-order valence-electron chi connectivity index (χ3n) is 5.39. The van der Waals surface area contributed by atoms with Crippen LogP contribution in [0.3, 0.4) is 0 Å². The molecule has 132 valence electrons. The minimum atomic E-state index is -0.284. The smallest absolute Gasteiger partial charge is 0.257 e. The summed E-state index contributed by atoms with van der Waals surface area (Å²) in [5.74, 6) is -0.230. The molecular formula is C19H23FN4O. The Labute approximate surface area is 146 Å². The summed E-state index contributed by atoms with van der Waals surface area (Å²) in [4.78, 5) is 15.1. The van der Waals surface area contributed by atoms with Gasteiger partial charge in [-0.2, -0.15) is 5.10 Å². The number of halogens is 1. The molecule has 0 saturated carbocycles. The second-order valence-electron chi connectivity index (χ2n) is 7.11. The molecule has 2 bridgehead atoms. The number of benzene rings is 1. The molecule has 1 N–H and O–H groups in total. The van der Waals surface area contributed by atoms with Gasteiger partial charge in [0.25, 0.3) is 5.91 Å². The molecule has 2 unspecified atom stereocenters. The molecule has 6 heteroatoms. The number of hydrogen-bond acceptors (Lipinski definition) is 3. The molecule has 3 heterocycles. The van der Waals surface area contributed by atoms with Crippen LogP contribution in [0.25, 0.3) is 5.69 Å². The van der Waals surface area contributed by atoms with Crippen molar-refractivity contribution in [2.24, 2.45) is 0 Å². The van der Waals surface area contributed by atoms with Gasteiger partial charge >= 0.3 is 0 Å². The lowest BCUT2D eigenvalue weighted by atomic mass is 10.1. The molecule has 2 aromatic rings. The second-order valence-corrected chi connectivity index (χ2v) is 7.11. The molecule has 0 aliphatic carbocycles. The summed E-state index contributed by atoms with van der Waals surface area (Å²) in [6, 6.07) is 7.13. The number of rotatable bonds is 2. The predicted molar refractivity (Wildman–Crippen MR) is 93.5 cm³/mol. The highest BCUT2D eigenvalue weighted by Gasteiger charge is 2.33. The van der Waals surface area contributed by atoms with Gasteiger partial charge in [-0.15, -0.1) is 0 Å². The Morgan fingerprint density at radius 1 is 1.16 bits per heavy atom.